The van der Waals surface area contributed by atoms with Crippen LogP contribution in [-0.4, -0.2) is 21.9 Å². The first-order valence-corrected chi connectivity index (χ1v) is 7.84. The fourth-order valence-corrected chi connectivity index (χ4v) is 2.80. The van der Waals surface area contributed by atoms with Crippen molar-refractivity contribution in [2.45, 2.75) is 39.2 Å². The molecule has 5 heteroatoms. The molecule has 1 aromatic carbocycles. The van der Waals surface area contributed by atoms with Gasteiger partial charge in [-0.05, 0) is 24.5 Å². The van der Waals surface area contributed by atoms with Crippen LogP contribution in [0.15, 0.2) is 24.3 Å². The van der Waals surface area contributed by atoms with E-state index in [-0.39, 0.29) is 0 Å². The third-order valence-electron chi connectivity index (χ3n) is 3.33. The second-order valence-electron chi connectivity index (χ2n) is 4.98. The third-order valence-corrected chi connectivity index (χ3v) is 4.01. The zero-order chi connectivity index (χ0) is 14.4. The third kappa shape index (κ3) is 4.02. The number of nitrogens with two attached hydrogens (primary N) is 1. The van der Waals surface area contributed by atoms with Gasteiger partial charge in [-0.2, -0.15) is 4.37 Å². The quantitative estimate of drug-likeness (QED) is 0.823. The highest BCUT2D eigenvalue weighted by Gasteiger charge is 2.10. The lowest BCUT2D eigenvalue weighted by Gasteiger charge is -2.13. The smallest absolute Gasteiger partial charge is 0.202 e. The molecule has 4 nitrogen and oxygen atoms in total. The molecule has 0 saturated heterocycles. The largest absolute Gasteiger partial charge is 0.356 e. The number of hydrogen-bond donors (Lipinski definition) is 2. The van der Waals surface area contributed by atoms with Crippen molar-refractivity contribution < 1.29 is 0 Å². The minimum absolute atomic E-state index is 0.291. The molecule has 1 atom stereocenters. The average molecular weight is 290 g/mol. The molecule has 0 spiro atoms. The number of anilines is 1. The van der Waals surface area contributed by atoms with Gasteiger partial charge in [0.15, 0.2) is 0 Å². The highest BCUT2D eigenvalue weighted by Crippen LogP contribution is 2.17. The number of aromatic nitrogens is 2. The van der Waals surface area contributed by atoms with E-state index in [1.165, 1.54) is 22.7 Å². The van der Waals surface area contributed by atoms with E-state index in [4.69, 9.17) is 5.73 Å². The van der Waals surface area contributed by atoms with Gasteiger partial charge >= 0.3 is 0 Å². The van der Waals surface area contributed by atoms with Gasteiger partial charge < -0.3 is 11.1 Å². The van der Waals surface area contributed by atoms with E-state index >= 15 is 0 Å². The Morgan fingerprint density at radius 2 is 2.15 bits per heavy atom. The maximum atomic E-state index is 5.75. The van der Waals surface area contributed by atoms with Gasteiger partial charge in [-0.1, -0.05) is 37.6 Å². The fraction of sp³-hybridized carbons (Fsp3) is 0.467. The Morgan fingerprint density at radius 1 is 1.35 bits per heavy atom. The predicted octanol–water partition coefficient (Wildman–Crippen LogP) is 2.98. The molecule has 0 amide bonds. The molecule has 0 aliphatic heterocycles. The first kappa shape index (κ1) is 14.9. The minimum atomic E-state index is 0.291. The molecule has 1 heterocycles. The summed E-state index contributed by atoms with van der Waals surface area (Å²) in [7, 11) is 0. The second kappa shape index (κ2) is 7.36. The van der Waals surface area contributed by atoms with Crippen LogP contribution in [0.3, 0.4) is 0 Å². The van der Waals surface area contributed by atoms with Gasteiger partial charge in [-0.3, -0.25) is 0 Å². The van der Waals surface area contributed by atoms with Crippen molar-refractivity contribution in [1.29, 1.82) is 0 Å². The molecule has 108 valence electrons. The predicted molar refractivity (Wildman–Crippen MR) is 85.3 cm³/mol. The van der Waals surface area contributed by atoms with Crippen LogP contribution in [0.25, 0.3) is 0 Å². The van der Waals surface area contributed by atoms with E-state index in [2.05, 4.69) is 52.8 Å². The molecule has 2 aromatic rings. The lowest BCUT2D eigenvalue weighted by atomic mass is 10.1. The summed E-state index contributed by atoms with van der Waals surface area (Å²) in [6, 6.07) is 8.64. The van der Waals surface area contributed by atoms with Gasteiger partial charge in [-0.15, -0.1) is 0 Å². The number of rotatable bonds is 7. The van der Waals surface area contributed by atoms with E-state index in [0.29, 0.717) is 12.6 Å². The molecule has 0 bridgehead atoms. The van der Waals surface area contributed by atoms with E-state index in [1.54, 1.807) is 0 Å². The van der Waals surface area contributed by atoms with Gasteiger partial charge in [-0.25, -0.2) is 4.98 Å². The molecule has 0 saturated carbocycles. The number of hydrogen-bond acceptors (Lipinski definition) is 5. The Morgan fingerprint density at radius 3 is 2.85 bits per heavy atom. The second-order valence-corrected chi connectivity index (χ2v) is 5.74. The van der Waals surface area contributed by atoms with Crippen LogP contribution < -0.4 is 11.1 Å². The van der Waals surface area contributed by atoms with Gasteiger partial charge in [0.2, 0.25) is 5.13 Å². The Kier molecular flexibility index (Phi) is 5.49. The van der Waals surface area contributed by atoms with Crippen molar-refractivity contribution in [1.82, 2.24) is 9.36 Å². The molecule has 3 N–H and O–H groups in total. The van der Waals surface area contributed by atoms with Crippen molar-refractivity contribution in [3.63, 3.8) is 0 Å². The number of nitrogens with one attached hydrogen (secondary N) is 1. The van der Waals surface area contributed by atoms with E-state index in [0.717, 1.165) is 30.2 Å². The summed E-state index contributed by atoms with van der Waals surface area (Å²) >= 11 is 1.42. The molecule has 20 heavy (non-hydrogen) atoms. The summed E-state index contributed by atoms with van der Waals surface area (Å²) in [6.45, 7) is 4.90. The van der Waals surface area contributed by atoms with E-state index in [1.807, 2.05) is 0 Å². The molecule has 0 aliphatic carbocycles. The van der Waals surface area contributed by atoms with Crippen LogP contribution >= 0.6 is 11.5 Å². The summed E-state index contributed by atoms with van der Waals surface area (Å²) in [5.41, 5.74) is 8.31. The summed E-state index contributed by atoms with van der Waals surface area (Å²) in [5.74, 6) is 0.874. The highest BCUT2D eigenvalue weighted by molar-refractivity contribution is 7.09. The van der Waals surface area contributed by atoms with Crippen LogP contribution in [0.5, 0.6) is 0 Å². The maximum Gasteiger partial charge on any atom is 0.202 e. The molecule has 0 radical (unpaired) electrons. The van der Waals surface area contributed by atoms with Crippen molar-refractivity contribution in [3.05, 3.63) is 41.2 Å². The summed E-state index contributed by atoms with van der Waals surface area (Å²) in [6.07, 6.45) is 2.96. The van der Waals surface area contributed by atoms with Crippen LogP contribution in [0.4, 0.5) is 5.13 Å². The molecule has 2 rings (SSSR count). The molecule has 0 fully saturated rings. The van der Waals surface area contributed by atoms with Crippen LogP contribution in [0.1, 0.15) is 36.7 Å². The molecular weight excluding hydrogens is 268 g/mol. The van der Waals surface area contributed by atoms with Gasteiger partial charge in [0.1, 0.15) is 5.82 Å². The zero-order valence-electron chi connectivity index (χ0n) is 12.1. The molecular formula is C15H22N4S. The Balaban J connectivity index is 2.00. The minimum Gasteiger partial charge on any atom is -0.356 e. The lowest BCUT2D eigenvalue weighted by Crippen LogP contribution is -2.28. The monoisotopic (exact) mass is 290 g/mol. The van der Waals surface area contributed by atoms with Gasteiger partial charge in [0, 0.05) is 30.5 Å². The highest BCUT2D eigenvalue weighted by atomic mass is 32.1. The lowest BCUT2D eigenvalue weighted by molar-refractivity contribution is 0.647. The first-order chi connectivity index (χ1) is 9.72. The van der Waals surface area contributed by atoms with Crippen LogP contribution in [0, 0.1) is 6.92 Å². The Labute approximate surface area is 124 Å². The van der Waals surface area contributed by atoms with Crippen molar-refractivity contribution in [3.8, 4) is 0 Å². The van der Waals surface area contributed by atoms with Gasteiger partial charge in [0.05, 0.1) is 0 Å². The Hall–Kier alpha value is -1.46. The zero-order valence-corrected chi connectivity index (χ0v) is 12.9. The van der Waals surface area contributed by atoms with E-state index < -0.39 is 0 Å². The van der Waals surface area contributed by atoms with E-state index in [9.17, 15) is 0 Å². The number of nitrogens with zero attached hydrogens (tertiary/aromatic N) is 2. The topological polar surface area (TPSA) is 63.8 Å². The number of aryl methyl sites for hydroxylation is 1. The normalized spacial score (nSPS) is 12.3. The molecule has 1 unspecified atom stereocenters. The average Bonchev–Trinajstić information content (AvgIpc) is 2.88. The van der Waals surface area contributed by atoms with Crippen molar-refractivity contribution >= 4 is 16.7 Å². The summed E-state index contributed by atoms with van der Waals surface area (Å²) in [4.78, 5) is 4.56. The van der Waals surface area contributed by atoms with Crippen LogP contribution in [-0.2, 0) is 6.42 Å². The standard InChI is InChI=1S/C15H22N4S/c1-3-6-13(10-16)17-15-18-14(19-20-15)9-12-8-5-4-7-11(12)2/h4-5,7-8,13H,3,6,9-10,16H2,1-2H3,(H,17,18,19). The first-order valence-electron chi connectivity index (χ1n) is 7.06. The SMILES string of the molecule is CCCC(CN)Nc1nc(Cc2ccccc2C)ns1. The fourth-order valence-electron chi connectivity index (χ4n) is 2.14. The van der Waals surface area contributed by atoms with Crippen molar-refractivity contribution in [2.24, 2.45) is 5.73 Å². The summed E-state index contributed by atoms with van der Waals surface area (Å²) < 4.78 is 4.43. The Bertz CT molecular complexity index is 538. The van der Waals surface area contributed by atoms with Gasteiger partial charge in [0.25, 0.3) is 0 Å². The maximum absolute atomic E-state index is 5.75. The number of benzene rings is 1. The molecule has 0 aliphatic rings. The van der Waals surface area contributed by atoms with Crippen molar-refractivity contribution in [2.75, 3.05) is 11.9 Å². The molecule has 1 aromatic heterocycles. The summed E-state index contributed by atoms with van der Waals surface area (Å²) in [5, 5.41) is 4.24. The van der Waals surface area contributed by atoms with Crippen LogP contribution in [0.2, 0.25) is 0 Å².